The van der Waals surface area contributed by atoms with E-state index in [0.29, 0.717) is 29.6 Å². The molecule has 0 N–H and O–H groups in total. The molecule has 27 heavy (non-hydrogen) atoms. The van der Waals surface area contributed by atoms with Gasteiger partial charge in [-0.15, -0.1) is 11.3 Å². The third-order valence-electron chi connectivity index (χ3n) is 4.72. The molecule has 0 aromatic carbocycles. The second-order valence-electron chi connectivity index (χ2n) is 6.34. The molecule has 4 heterocycles. The maximum Gasteiger partial charge on any atom is 0.332 e. The topological polar surface area (TPSA) is 96.7 Å². The van der Waals surface area contributed by atoms with Gasteiger partial charge >= 0.3 is 5.69 Å². The zero-order chi connectivity index (χ0) is 19.3. The van der Waals surface area contributed by atoms with Crippen molar-refractivity contribution in [1.82, 2.24) is 28.2 Å². The van der Waals surface area contributed by atoms with Crippen LogP contribution in [0, 0.1) is 0 Å². The first-order chi connectivity index (χ1) is 12.9. The summed E-state index contributed by atoms with van der Waals surface area (Å²) >= 11 is 1.53. The predicted molar refractivity (Wildman–Crippen MR) is 103 cm³/mol. The quantitative estimate of drug-likeness (QED) is 0.508. The van der Waals surface area contributed by atoms with Crippen molar-refractivity contribution >= 4 is 32.7 Å². The minimum absolute atomic E-state index is 0.0966. The van der Waals surface area contributed by atoms with E-state index < -0.39 is 11.2 Å². The Morgan fingerprint density at radius 2 is 1.67 bits per heavy atom. The summed E-state index contributed by atoms with van der Waals surface area (Å²) in [5.74, 6) is 0. The third kappa shape index (κ3) is 2.64. The van der Waals surface area contributed by atoms with Crippen molar-refractivity contribution < 1.29 is 0 Å². The van der Waals surface area contributed by atoms with Crippen LogP contribution in [0.2, 0.25) is 0 Å². The van der Waals surface area contributed by atoms with Crippen LogP contribution in [0.25, 0.3) is 21.4 Å². The molecule has 0 aliphatic carbocycles. The molecule has 4 rings (SSSR count). The van der Waals surface area contributed by atoms with Gasteiger partial charge in [0.15, 0.2) is 11.2 Å². The van der Waals surface area contributed by atoms with E-state index in [4.69, 9.17) is 0 Å². The Morgan fingerprint density at radius 1 is 0.963 bits per heavy atom. The highest BCUT2D eigenvalue weighted by molar-refractivity contribution is 7.18. The summed E-state index contributed by atoms with van der Waals surface area (Å²) in [6.07, 6.45) is 3.92. The molecule has 0 aliphatic rings. The maximum atomic E-state index is 12.7. The van der Waals surface area contributed by atoms with E-state index in [-0.39, 0.29) is 5.56 Å². The largest absolute Gasteiger partial charge is 0.332 e. The Morgan fingerprint density at radius 3 is 2.41 bits per heavy atom. The molecular formula is C17H18N6O3S. The molecular weight excluding hydrogens is 368 g/mol. The predicted octanol–water partition coefficient (Wildman–Crippen LogP) is 0.468. The van der Waals surface area contributed by atoms with Gasteiger partial charge in [0.2, 0.25) is 0 Å². The zero-order valence-corrected chi connectivity index (χ0v) is 16.0. The molecule has 0 bridgehead atoms. The lowest BCUT2D eigenvalue weighted by atomic mass is 10.3. The van der Waals surface area contributed by atoms with Crippen molar-refractivity contribution in [2.75, 3.05) is 0 Å². The van der Waals surface area contributed by atoms with Crippen LogP contribution >= 0.6 is 11.3 Å². The zero-order valence-electron chi connectivity index (χ0n) is 15.2. The van der Waals surface area contributed by atoms with Crippen LogP contribution in [0.5, 0.6) is 0 Å². The molecule has 0 saturated heterocycles. The highest BCUT2D eigenvalue weighted by atomic mass is 32.1. The summed E-state index contributed by atoms with van der Waals surface area (Å²) in [6, 6.07) is 1.89. The summed E-state index contributed by atoms with van der Waals surface area (Å²) in [7, 11) is 3.01. The fraction of sp³-hybridized carbons (Fsp3) is 0.353. The minimum Gasteiger partial charge on any atom is -0.323 e. The van der Waals surface area contributed by atoms with Gasteiger partial charge in [-0.05, 0) is 12.5 Å². The van der Waals surface area contributed by atoms with Gasteiger partial charge in [-0.2, -0.15) is 0 Å². The molecule has 4 aromatic heterocycles. The fourth-order valence-corrected chi connectivity index (χ4v) is 4.05. The number of imidazole rings is 1. The summed E-state index contributed by atoms with van der Waals surface area (Å²) in [5, 5.41) is 0.619. The Kier molecular flexibility index (Phi) is 4.06. The SMILES string of the molecule is CCc1cc2c(=O)n(CCn3cnc4c3c(=O)n(C)c(=O)n4C)cnc2s1. The Hall–Kier alpha value is -3.01. The first-order valence-corrected chi connectivity index (χ1v) is 9.32. The molecule has 0 aliphatic heterocycles. The molecule has 0 atom stereocenters. The summed E-state index contributed by atoms with van der Waals surface area (Å²) in [5.41, 5.74) is -0.259. The van der Waals surface area contributed by atoms with E-state index in [1.54, 1.807) is 11.6 Å². The molecule has 0 radical (unpaired) electrons. The molecule has 0 fully saturated rings. The molecule has 10 heteroatoms. The van der Waals surface area contributed by atoms with Gasteiger partial charge in [-0.3, -0.25) is 23.3 Å². The van der Waals surface area contributed by atoms with Crippen LogP contribution < -0.4 is 16.8 Å². The van der Waals surface area contributed by atoms with Gasteiger partial charge in [-0.25, -0.2) is 14.8 Å². The summed E-state index contributed by atoms with van der Waals surface area (Å²) in [6.45, 7) is 2.75. The van der Waals surface area contributed by atoms with E-state index in [9.17, 15) is 14.4 Å². The highest BCUT2D eigenvalue weighted by Crippen LogP contribution is 2.21. The van der Waals surface area contributed by atoms with Gasteiger partial charge < -0.3 is 4.57 Å². The van der Waals surface area contributed by atoms with Crippen LogP contribution in [-0.2, 0) is 33.6 Å². The second-order valence-corrected chi connectivity index (χ2v) is 7.46. The van der Waals surface area contributed by atoms with E-state index in [1.165, 1.54) is 40.2 Å². The minimum atomic E-state index is -0.423. The molecule has 0 unspecified atom stereocenters. The van der Waals surface area contributed by atoms with Crippen molar-refractivity contribution in [1.29, 1.82) is 0 Å². The number of hydrogen-bond acceptors (Lipinski definition) is 6. The number of aromatic nitrogens is 6. The van der Waals surface area contributed by atoms with Gasteiger partial charge in [0.05, 0.1) is 18.0 Å². The van der Waals surface area contributed by atoms with Gasteiger partial charge in [0.25, 0.3) is 11.1 Å². The summed E-state index contributed by atoms with van der Waals surface area (Å²) in [4.78, 5) is 47.6. The highest BCUT2D eigenvalue weighted by Gasteiger charge is 2.14. The molecule has 9 nitrogen and oxygen atoms in total. The van der Waals surface area contributed by atoms with E-state index in [2.05, 4.69) is 9.97 Å². The molecule has 4 aromatic rings. The monoisotopic (exact) mass is 386 g/mol. The Bertz CT molecular complexity index is 1350. The van der Waals surface area contributed by atoms with Crippen molar-refractivity contribution in [2.24, 2.45) is 14.1 Å². The number of hydrogen-bond donors (Lipinski definition) is 0. The number of rotatable bonds is 4. The van der Waals surface area contributed by atoms with Crippen LogP contribution in [0.15, 0.2) is 33.1 Å². The molecule has 140 valence electrons. The lowest BCUT2D eigenvalue weighted by Crippen LogP contribution is -2.37. The molecule has 0 saturated carbocycles. The second kappa shape index (κ2) is 6.31. The van der Waals surface area contributed by atoms with E-state index in [1.807, 2.05) is 13.0 Å². The maximum absolute atomic E-state index is 12.7. The first kappa shape index (κ1) is 17.4. The first-order valence-electron chi connectivity index (χ1n) is 8.51. The number of fused-ring (bicyclic) bond motifs is 2. The van der Waals surface area contributed by atoms with Crippen LogP contribution in [0.3, 0.4) is 0 Å². The van der Waals surface area contributed by atoms with Gasteiger partial charge in [-0.1, -0.05) is 6.92 Å². The van der Waals surface area contributed by atoms with Crippen molar-refractivity contribution in [3.05, 3.63) is 54.8 Å². The van der Waals surface area contributed by atoms with Crippen LogP contribution in [-0.4, -0.2) is 28.2 Å². The smallest absolute Gasteiger partial charge is 0.323 e. The fourth-order valence-electron chi connectivity index (χ4n) is 3.13. The van der Waals surface area contributed by atoms with Gasteiger partial charge in [0, 0.05) is 32.1 Å². The van der Waals surface area contributed by atoms with Gasteiger partial charge in [0.1, 0.15) is 4.83 Å². The van der Waals surface area contributed by atoms with Crippen molar-refractivity contribution in [2.45, 2.75) is 26.4 Å². The molecule has 0 spiro atoms. The number of aryl methyl sites for hydroxylation is 4. The molecule has 0 amide bonds. The van der Waals surface area contributed by atoms with E-state index in [0.717, 1.165) is 20.7 Å². The number of thiophene rings is 1. The number of nitrogens with zero attached hydrogens (tertiary/aromatic N) is 6. The van der Waals surface area contributed by atoms with E-state index >= 15 is 0 Å². The lowest BCUT2D eigenvalue weighted by molar-refractivity contribution is 0.568. The third-order valence-corrected chi connectivity index (χ3v) is 5.90. The lowest BCUT2D eigenvalue weighted by Gasteiger charge is -2.08. The summed E-state index contributed by atoms with van der Waals surface area (Å²) < 4.78 is 5.59. The normalized spacial score (nSPS) is 11.7. The van der Waals surface area contributed by atoms with Crippen molar-refractivity contribution in [3.8, 4) is 0 Å². The average Bonchev–Trinajstić information content (AvgIpc) is 3.28. The Balaban J connectivity index is 1.73. The average molecular weight is 386 g/mol. The Labute approximate surface area is 156 Å². The van der Waals surface area contributed by atoms with Crippen LogP contribution in [0.4, 0.5) is 0 Å². The van der Waals surface area contributed by atoms with Crippen molar-refractivity contribution in [3.63, 3.8) is 0 Å². The van der Waals surface area contributed by atoms with Crippen LogP contribution in [0.1, 0.15) is 11.8 Å². The standard InChI is InChI=1S/C17H18N6O3S/c1-4-10-7-11-14(27-10)19-9-23(15(11)24)6-5-22-8-18-13-12(22)16(25)21(3)17(26)20(13)2/h7-9H,4-6H2,1-3H3.